The Morgan fingerprint density at radius 1 is 1.13 bits per heavy atom. The molecular formula is C22H12BrClN2O5. The molecule has 0 radical (unpaired) electrons. The molecule has 154 valence electrons. The molecule has 4 rings (SSSR count). The lowest BCUT2D eigenvalue weighted by atomic mass is 10.1. The van der Waals surface area contributed by atoms with Crippen LogP contribution < -0.4 is 0 Å². The average molecular weight is 500 g/mol. The average Bonchev–Trinajstić information content (AvgIpc) is 3.20. The van der Waals surface area contributed by atoms with Crippen molar-refractivity contribution in [2.45, 2.75) is 0 Å². The number of fused-ring (bicyclic) bond motifs is 1. The van der Waals surface area contributed by atoms with Gasteiger partial charge >= 0.3 is 5.97 Å². The van der Waals surface area contributed by atoms with Gasteiger partial charge in [-0.15, -0.1) is 0 Å². The van der Waals surface area contributed by atoms with Crippen LogP contribution in [0.3, 0.4) is 0 Å². The molecule has 0 atom stereocenters. The fourth-order valence-corrected chi connectivity index (χ4v) is 3.68. The van der Waals surface area contributed by atoms with Crippen molar-refractivity contribution in [3.05, 3.63) is 91.2 Å². The van der Waals surface area contributed by atoms with Gasteiger partial charge in [-0.05, 0) is 54.6 Å². The summed E-state index contributed by atoms with van der Waals surface area (Å²) in [5.74, 6) is -0.116. The zero-order valence-electron chi connectivity index (χ0n) is 15.6. The van der Waals surface area contributed by atoms with E-state index >= 15 is 0 Å². The SMILES string of the molecule is O=C(O)c1cc(C=Cc2ccc(-c3ccc([N+](=O)[O-])cc3Cl)o2)nc2ccc(Br)cc12. The van der Waals surface area contributed by atoms with Gasteiger partial charge in [-0.3, -0.25) is 10.1 Å². The maximum absolute atomic E-state index is 11.7. The number of rotatable bonds is 5. The number of aromatic nitrogens is 1. The topological polar surface area (TPSA) is 106 Å². The third-order valence-corrected chi connectivity index (χ3v) is 5.30. The van der Waals surface area contributed by atoms with Gasteiger partial charge in [-0.2, -0.15) is 0 Å². The van der Waals surface area contributed by atoms with Crippen molar-refractivity contribution in [2.75, 3.05) is 0 Å². The zero-order chi connectivity index (χ0) is 22.1. The minimum absolute atomic E-state index is 0.107. The van der Waals surface area contributed by atoms with E-state index in [1.807, 2.05) is 0 Å². The van der Waals surface area contributed by atoms with Gasteiger partial charge < -0.3 is 9.52 Å². The number of carboxylic acid groups (broad SMARTS) is 1. The Labute approximate surface area is 188 Å². The van der Waals surface area contributed by atoms with Crippen molar-refractivity contribution < 1.29 is 19.2 Å². The molecule has 0 fully saturated rings. The molecule has 31 heavy (non-hydrogen) atoms. The number of carbonyl (C=O) groups is 1. The van der Waals surface area contributed by atoms with E-state index in [1.54, 1.807) is 42.5 Å². The highest BCUT2D eigenvalue weighted by Crippen LogP contribution is 2.32. The summed E-state index contributed by atoms with van der Waals surface area (Å²) < 4.78 is 6.53. The summed E-state index contributed by atoms with van der Waals surface area (Å²) in [6, 6.07) is 14.3. The minimum atomic E-state index is -1.05. The van der Waals surface area contributed by atoms with Gasteiger partial charge in [-0.25, -0.2) is 9.78 Å². The van der Waals surface area contributed by atoms with E-state index < -0.39 is 10.9 Å². The number of non-ortho nitro benzene ring substituents is 1. The van der Waals surface area contributed by atoms with Crippen molar-refractivity contribution >= 4 is 62.2 Å². The number of hydrogen-bond donors (Lipinski definition) is 1. The maximum atomic E-state index is 11.7. The second-order valence-electron chi connectivity index (χ2n) is 6.52. The van der Waals surface area contributed by atoms with E-state index in [2.05, 4.69) is 20.9 Å². The van der Waals surface area contributed by atoms with E-state index in [0.717, 1.165) is 4.47 Å². The predicted octanol–water partition coefficient (Wildman–Crippen LogP) is 6.69. The van der Waals surface area contributed by atoms with Crippen LogP contribution >= 0.6 is 27.5 Å². The van der Waals surface area contributed by atoms with Crippen LogP contribution in [0, 0.1) is 10.1 Å². The first-order valence-electron chi connectivity index (χ1n) is 8.87. The van der Waals surface area contributed by atoms with Crippen LogP contribution in [-0.4, -0.2) is 21.0 Å². The molecular weight excluding hydrogens is 488 g/mol. The number of nitro benzene ring substituents is 1. The first-order valence-corrected chi connectivity index (χ1v) is 10.0. The Morgan fingerprint density at radius 2 is 1.94 bits per heavy atom. The van der Waals surface area contributed by atoms with Crippen LogP contribution in [0.1, 0.15) is 21.8 Å². The molecule has 4 aromatic rings. The van der Waals surface area contributed by atoms with E-state index in [1.165, 1.54) is 24.3 Å². The number of carboxylic acids is 1. The molecule has 0 spiro atoms. The lowest BCUT2D eigenvalue weighted by Gasteiger charge is -2.05. The Kier molecular flexibility index (Phi) is 5.58. The summed E-state index contributed by atoms with van der Waals surface area (Å²) in [7, 11) is 0. The van der Waals surface area contributed by atoms with Gasteiger partial charge in [0.1, 0.15) is 11.5 Å². The van der Waals surface area contributed by atoms with Crippen LogP contribution in [0.2, 0.25) is 5.02 Å². The fraction of sp³-hybridized carbons (Fsp3) is 0. The second kappa shape index (κ2) is 8.33. The lowest BCUT2D eigenvalue weighted by molar-refractivity contribution is -0.384. The van der Waals surface area contributed by atoms with Crippen molar-refractivity contribution in [3.63, 3.8) is 0 Å². The molecule has 0 aliphatic heterocycles. The van der Waals surface area contributed by atoms with E-state index in [-0.39, 0.29) is 16.3 Å². The molecule has 0 aliphatic carbocycles. The third-order valence-electron chi connectivity index (χ3n) is 4.50. The van der Waals surface area contributed by atoms with Gasteiger partial charge in [0.15, 0.2) is 0 Å². The Hall–Kier alpha value is -3.49. The van der Waals surface area contributed by atoms with E-state index in [9.17, 15) is 20.0 Å². The standard InChI is InChI=1S/C22H12BrClN2O5/c23-12-1-7-20-17(9-12)18(22(27)28)10-13(25-20)2-4-15-5-8-21(31-15)16-6-3-14(26(29)30)11-19(16)24/h1-11H,(H,27,28). The molecule has 0 saturated heterocycles. The summed E-state index contributed by atoms with van der Waals surface area (Å²) in [5.41, 5.74) is 1.57. The fourth-order valence-electron chi connectivity index (χ4n) is 3.05. The first-order chi connectivity index (χ1) is 14.8. The molecule has 9 heteroatoms. The van der Waals surface area contributed by atoms with E-state index in [0.29, 0.717) is 33.7 Å². The summed E-state index contributed by atoms with van der Waals surface area (Å²) in [4.78, 5) is 26.5. The normalized spacial score (nSPS) is 11.3. The number of nitrogens with zero attached hydrogens (tertiary/aromatic N) is 2. The maximum Gasteiger partial charge on any atom is 0.336 e. The smallest absolute Gasteiger partial charge is 0.336 e. The molecule has 2 aromatic heterocycles. The molecule has 0 aliphatic rings. The third kappa shape index (κ3) is 4.35. The molecule has 1 N–H and O–H groups in total. The van der Waals surface area contributed by atoms with Crippen molar-refractivity contribution in [3.8, 4) is 11.3 Å². The molecule has 2 heterocycles. The molecule has 0 saturated carbocycles. The summed E-state index contributed by atoms with van der Waals surface area (Å²) in [5, 5.41) is 21.1. The van der Waals surface area contributed by atoms with Crippen LogP contribution in [0.15, 0.2) is 63.5 Å². The van der Waals surface area contributed by atoms with Crippen LogP contribution in [0.25, 0.3) is 34.4 Å². The Balaban J connectivity index is 1.65. The van der Waals surface area contributed by atoms with Crippen molar-refractivity contribution in [1.29, 1.82) is 0 Å². The van der Waals surface area contributed by atoms with Crippen LogP contribution in [0.5, 0.6) is 0 Å². The quantitative estimate of drug-likeness (QED) is 0.242. The van der Waals surface area contributed by atoms with Gasteiger partial charge in [0.05, 0.1) is 26.7 Å². The molecule has 7 nitrogen and oxygen atoms in total. The number of pyridine rings is 1. The monoisotopic (exact) mass is 498 g/mol. The number of hydrogen-bond acceptors (Lipinski definition) is 5. The zero-order valence-corrected chi connectivity index (χ0v) is 17.9. The molecule has 0 bridgehead atoms. The summed E-state index contributed by atoms with van der Waals surface area (Å²) >= 11 is 9.50. The summed E-state index contributed by atoms with van der Waals surface area (Å²) in [6.07, 6.45) is 3.30. The predicted molar refractivity (Wildman–Crippen MR) is 121 cm³/mol. The second-order valence-corrected chi connectivity index (χ2v) is 7.84. The highest BCUT2D eigenvalue weighted by Gasteiger charge is 2.14. The Bertz CT molecular complexity index is 1380. The van der Waals surface area contributed by atoms with E-state index in [4.69, 9.17) is 16.0 Å². The minimum Gasteiger partial charge on any atom is -0.478 e. The molecule has 2 aromatic carbocycles. The van der Waals surface area contributed by atoms with Gasteiger partial charge in [-0.1, -0.05) is 27.5 Å². The van der Waals surface area contributed by atoms with Crippen molar-refractivity contribution in [2.24, 2.45) is 0 Å². The highest BCUT2D eigenvalue weighted by atomic mass is 79.9. The molecule has 0 amide bonds. The van der Waals surface area contributed by atoms with Gasteiger partial charge in [0.2, 0.25) is 0 Å². The van der Waals surface area contributed by atoms with Gasteiger partial charge in [0, 0.05) is 27.6 Å². The first kappa shape index (κ1) is 20.8. The largest absolute Gasteiger partial charge is 0.478 e. The summed E-state index contributed by atoms with van der Waals surface area (Å²) in [6.45, 7) is 0. The lowest BCUT2D eigenvalue weighted by Crippen LogP contribution is -2.00. The number of furan rings is 1. The van der Waals surface area contributed by atoms with Crippen molar-refractivity contribution in [1.82, 2.24) is 4.98 Å². The number of benzene rings is 2. The molecule has 0 unspecified atom stereocenters. The number of halogens is 2. The number of nitro groups is 1. The van der Waals surface area contributed by atoms with Gasteiger partial charge in [0.25, 0.3) is 5.69 Å². The highest BCUT2D eigenvalue weighted by molar-refractivity contribution is 9.10. The Morgan fingerprint density at radius 3 is 2.65 bits per heavy atom. The number of aromatic carboxylic acids is 1. The van der Waals surface area contributed by atoms with Crippen LogP contribution in [-0.2, 0) is 0 Å². The van der Waals surface area contributed by atoms with Crippen LogP contribution in [0.4, 0.5) is 5.69 Å².